The zero-order valence-corrected chi connectivity index (χ0v) is 13.8. The lowest BCUT2D eigenvalue weighted by Gasteiger charge is -2.23. The number of hydrogen-bond donors (Lipinski definition) is 2. The Hall–Kier alpha value is -2.90. The van der Waals surface area contributed by atoms with E-state index in [-0.39, 0.29) is 24.9 Å². The van der Waals surface area contributed by atoms with Gasteiger partial charge in [0.25, 0.3) is 5.56 Å². The van der Waals surface area contributed by atoms with E-state index in [9.17, 15) is 19.2 Å². The molecule has 25 heavy (non-hydrogen) atoms. The van der Waals surface area contributed by atoms with Crippen LogP contribution in [0.15, 0.2) is 33.9 Å². The molecule has 0 bridgehead atoms. The van der Waals surface area contributed by atoms with E-state index in [2.05, 4.69) is 4.98 Å². The molecule has 2 unspecified atom stereocenters. The van der Waals surface area contributed by atoms with Gasteiger partial charge in [-0.2, -0.15) is 0 Å². The Labute approximate surface area is 142 Å². The molecule has 8 nitrogen and oxygen atoms in total. The smallest absolute Gasteiger partial charge is 0.328 e. The molecule has 2 heterocycles. The fraction of sp³-hybridized carbons (Fsp3) is 0.412. The number of aliphatic carboxylic acids is 1. The Balaban J connectivity index is 1.80. The largest absolute Gasteiger partial charge is 0.481 e. The number of aromatic nitrogens is 2. The quantitative estimate of drug-likeness (QED) is 0.833. The number of benzene rings is 1. The van der Waals surface area contributed by atoms with Gasteiger partial charge in [-0.3, -0.25) is 23.9 Å². The van der Waals surface area contributed by atoms with Crippen molar-refractivity contribution < 1.29 is 14.7 Å². The lowest BCUT2D eigenvalue weighted by molar-refractivity contribution is -0.143. The van der Waals surface area contributed by atoms with Gasteiger partial charge in [-0.1, -0.05) is 12.1 Å². The van der Waals surface area contributed by atoms with Gasteiger partial charge in [0, 0.05) is 25.6 Å². The zero-order valence-electron chi connectivity index (χ0n) is 13.8. The van der Waals surface area contributed by atoms with Crippen LogP contribution in [0.4, 0.5) is 0 Å². The number of H-pyrrole nitrogens is 1. The number of carboxylic acids is 1. The topological polar surface area (TPSA) is 112 Å². The van der Waals surface area contributed by atoms with Gasteiger partial charge in [0.15, 0.2) is 0 Å². The lowest BCUT2D eigenvalue weighted by atomic mass is 10.0. The van der Waals surface area contributed by atoms with Gasteiger partial charge in [-0.05, 0) is 25.5 Å². The summed E-state index contributed by atoms with van der Waals surface area (Å²) >= 11 is 0. The van der Waals surface area contributed by atoms with Crippen molar-refractivity contribution in [3.8, 4) is 0 Å². The summed E-state index contributed by atoms with van der Waals surface area (Å²) in [6.07, 6.45) is 0.496. The summed E-state index contributed by atoms with van der Waals surface area (Å²) in [5.74, 6) is -1.65. The Morgan fingerprint density at radius 3 is 2.68 bits per heavy atom. The monoisotopic (exact) mass is 345 g/mol. The molecule has 0 aliphatic carbocycles. The molecule has 2 N–H and O–H groups in total. The van der Waals surface area contributed by atoms with Gasteiger partial charge in [0.2, 0.25) is 5.91 Å². The molecule has 0 saturated carbocycles. The molecule has 2 atom stereocenters. The van der Waals surface area contributed by atoms with Crippen LogP contribution in [0.2, 0.25) is 0 Å². The number of aryl methyl sites for hydroxylation is 1. The number of carboxylic acid groups (broad SMARTS) is 1. The first kappa shape index (κ1) is 16.9. The highest BCUT2D eigenvalue weighted by atomic mass is 16.4. The maximum absolute atomic E-state index is 12.5. The molecule has 0 spiro atoms. The first-order chi connectivity index (χ1) is 11.9. The summed E-state index contributed by atoms with van der Waals surface area (Å²) < 4.78 is 1.37. The van der Waals surface area contributed by atoms with Crippen molar-refractivity contribution in [3.05, 3.63) is 45.1 Å². The number of nitrogens with zero attached hydrogens (tertiary/aromatic N) is 2. The van der Waals surface area contributed by atoms with Crippen LogP contribution in [-0.4, -0.2) is 44.0 Å². The van der Waals surface area contributed by atoms with Gasteiger partial charge in [-0.15, -0.1) is 0 Å². The number of likely N-dealkylation sites (tertiary alicyclic amines) is 1. The molecule has 1 aliphatic heterocycles. The van der Waals surface area contributed by atoms with Crippen molar-refractivity contribution in [3.63, 3.8) is 0 Å². The first-order valence-corrected chi connectivity index (χ1v) is 8.14. The van der Waals surface area contributed by atoms with E-state index in [1.165, 1.54) is 4.57 Å². The van der Waals surface area contributed by atoms with Crippen LogP contribution in [0, 0.1) is 5.92 Å². The molecule has 1 aliphatic rings. The van der Waals surface area contributed by atoms with Crippen molar-refractivity contribution in [1.29, 1.82) is 0 Å². The molecule has 0 radical (unpaired) electrons. The van der Waals surface area contributed by atoms with Crippen LogP contribution in [0.1, 0.15) is 19.8 Å². The molecule has 1 fully saturated rings. The summed E-state index contributed by atoms with van der Waals surface area (Å²) in [4.78, 5) is 51.4. The third-order valence-corrected chi connectivity index (χ3v) is 4.85. The Morgan fingerprint density at radius 1 is 1.28 bits per heavy atom. The number of nitrogens with one attached hydrogen (secondary N) is 1. The summed E-state index contributed by atoms with van der Waals surface area (Å²) in [6, 6.07) is 6.34. The van der Waals surface area contributed by atoms with E-state index in [4.69, 9.17) is 5.11 Å². The predicted molar refractivity (Wildman–Crippen MR) is 90.4 cm³/mol. The second-order valence-electron chi connectivity index (χ2n) is 6.24. The highest BCUT2D eigenvalue weighted by Crippen LogP contribution is 2.25. The Bertz CT molecular complexity index is 945. The predicted octanol–water partition coefficient (Wildman–Crippen LogP) is 0.402. The molecular weight excluding hydrogens is 326 g/mol. The van der Waals surface area contributed by atoms with Crippen molar-refractivity contribution in [2.75, 3.05) is 6.54 Å². The Kier molecular flexibility index (Phi) is 4.43. The molecule has 8 heteroatoms. The number of carbonyl (C=O) groups is 2. The highest BCUT2D eigenvalue weighted by molar-refractivity contribution is 5.80. The summed E-state index contributed by atoms with van der Waals surface area (Å²) in [7, 11) is 0. The van der Waals surface area contributed by atoms with Crippen molar-refractivity contribution in [1.82, 2.24) is 14.5 Å². The third-order valence-electron chi connectivity index (χ3n) is 4.85. The second kappa shape index (κ2) is 6.54. The van der Waals surface area contributed by atoms with E-state index in [1.807, 2.05) is 0 Å². The standard InChI is InChI=1S/C17H19N3O5/c1-10-11(16(23)24)6-8-19(10)14(21)7-9-20-13-5-3-2-4-12(13)15(22)18-17(20)25/h2-5,10-11H,6-9H2,1H3,(H,23,24)(H,18,22,25). The maximum Gasteiger partial charge on any atom is 0.328 e. The van der Waals surface area contributed by atoms with E-state index in [0.29, 0.717) is 23.9 Å². The van der Waals surface area contributed by atoms with Gasteiger partial charge in [0.05, 0.1) is 16.8 Å². The minimum absolute atomic E-state index is 0.0621. The Morgan fingerprint density at radius 2 is 2.00 bits per heavy atom. The van der Waals surface area contributed by atoms with Crippen LogP contribution < -0.4 is 11.2 Å². The molecule has 3 rings (SSSR count). The van der Waals surface area contributed by atoms with E-state index in [1.54, 1.807) is 36.1 Å². The van der Waals surface area contributed by atoms with Gasteiger partial charge in [0.1, 0.15) is 0 Å². The zero-order chi connectivity index (χ0) is 18.1. The molecule has 1 aromatic carbocycles. The summed E-state index contributed by atoms with van der Waals surface area (Å²) in [5.41, 5.74) is -0.544. The molecule has 1 aromatic heterocycles. The van der Waals surface area contributed by atoms with Gasteiger partial charge >= 0.3 is 11.7 Å². The normalized spacial score (nSPS) is 20.1. The van der Waals surface area contributed by atoms with Crippen LogP contribution in [-0.2, 0) is 16.1 Å². The minimum atomic E-state index is -0.898. The average molecular weight is 345 g/mol. The van der Waals surface area contributed by atoms with Crippen molar-refractivity contribution in [2.24, 2.45) is 5.92 Å². The summed E-state index contributed by atoms with van der Waals surface area (Å²) in [5, 5.41) is 9.54. The fourth-order valence-electron chi connectivity index (χ4n) is 3.44. The number of aromatic amines is 1. The molecule has 2 aromatic rings. The first-order valence-electron chi connectivity index (χ1n) is 8.14. The van der Waals surface area contributed by atoms with Gasteiger partial charge in [-0.25, -0.2) is 4.79 Å². The van der Waals surface area contributed by atoms with Gasteiger partial charge < -0.3 is 10.0 Å². The SMILES string of the molecule is CC1C(C(=O)O)CCN1C(=O)CCn1c(=O)[nH]c(=O)c2ccccc21. The van der Waals surface area contributed by atoms with Crippen molar-refractivity contribution >= 4 is 22.8 Å². The number of carbonyl (C=O) groups excluding carboxylic acids is 1. The van der Waals surface area contributed by atoms with Crippen molar-refractivity contribution in [2.45, 2.75) is 32.4 Å². The van der Waals surface area contributed by atoms with Crippen LogP contribution in [0.25, 0.3) is 10.9 Å². The molecule has 1 amide bonds. The average Bonchev–Trinajstić information content (AvgIpc) is 2.96. The second-order valence-corrected chi connectivity index (χ2v) is 6.24. The van der Waals surface area contributed by atoms with Crippen LogP contribution in [0.3, 0.4) is 0 Å². The fourth-order valence-corrected chi connectivity index (χ4v) is 3.44. The summed E-state index contributed by atoms with van der Waals surface area (Å²) in [6.45, 7) is 2.25. The number of amides is 1. The van der Waals surface area contributed by atoms with Crippen LogP contribution in [0.5, 0.6) is 0 Å². The highest BCUT2D eigenvalue weighted by Gasteiger charge is 2.37. The van der Waals surface area contributed by atoms with E-state index in [0.717, 1.165) is 0 Å². The van der Waals surface area contributed by atoms with E-state index >= 15 is 0 Å². The maximum atomic E-state index is 12.5. The number of hydrogen-bond acceptors (Lipinski definition) is 4. The molecule has 1 saturated heterocycles. The lowest BCUT2D eigenvalue weighted by Crippen LogP contribution is -2.39. The van der Waals surface area contributed by atoms with E-state index < -0.39 is 23.1 Å². The molecule has 132 valence electrons. The number of para-hydroxylation sites is 1. The molecular formula is C17H19N3O5. The third kappa shape index (κ3) is 3.07. The number of rotatable bonds is 4. The van der Waals surface area contributed by atoms with Crippen LogP contribution >= 0.6 is 0 Å². The number of fused-ring (bicyclic) bond motifs is 1. The minimum Gasteiger partial charge on any atom is -0.481 e.